The van der Waals surface area contributed by atoms with Crippen molar-refractivity contribution in [3.8, 4) is 0 Å². The Balaban J connectivity index is 0.00000242. The van der Waals surface area contributed by atoms with E-state index in [1.807, 2.05) is 0 Å². The number of hydrogen-bond donors (Lipinski definition) is 1. The molecule has 110 valence electrons. The van der Waals surface area contributed by atoms with Crippen molar-refractivity contribution in [3.63, 3.8) is 0 Å². The number of alkyl halides is 3. The number of carboxylic acids is 1. The number of rotatable bonds is 3. The normalized spacial score (nSPS) is 10.7. The van der Waals surface area contributed by atoms with Crippen LogP contribution in [-0.4, -0.2) is 5.97 Å². The standard InChI is InChI=1S/C14H9ClF3NO2.Na/c15-11-6-2-5-10(13(20)21)12(11)19-9-4-1-3-8(7-9)14(16,17)18;/h1-7,19H,(H,20,21);/q;+1/p-1. The first kappa shape index (κ1) is 18.8. The quantitative estimate of drug-likeness (QED) is 0.829. The van der Waals surface area contributed by atoms with Gasteiger partial charge in [0.15, 0.2) is 0 Å². The Bertz CT molecular complexity index is 692. The molecule has 0 aliphatic rings. The number of carbonyl (C=O) groups excluding carboxylic acids is 1. The molecule has 2 aromatic carbocycles. The first-order valence-electron chi connectivity index (χ1n) is 5.73. The molecule has 2 rings (SSSR count). The van der Waals surface area contributed by atoms with E-state index in [1.54, 1.807) is 0 Å². The molecule has 0 amide bonds. The maximum Gasteiger partial charge on any atom is 1.00 e. The minimum absolute atomic E-state index is 0. The van der Waals surface area contributed by atoms with Gasteiger partial charge < -0.3 is 15.2 Å². The third kappa shape index (κ3) is 4.39. The van der Waals surface area contributed by atoms with E-state index >= 15 is 0 Å². The van der Waals surface area contributed by atoms with Crippen molar-refractivity contribution in [2.45, 2.75) is 6.18 Å². The van der Waals surface area contributed by atoms with E-state index in [2.05, 4.69) is 5.32 Å². The van der Waals surface area contributed by atoms with Gasteiger partial charge in [-0.05, 0) is 24.3 Å². The number of carbonyl (C=O) groups is 1. The number of benzene rings is 2. The topological polar surface area (TPSA) is 52.2 Å². The monoisotopic (exact) mass is 337 g/mol. The molecule has 0 radical (unpaired) electrons. The van der Waals surface area contributed by atoms with Crippen molar-refractivity contribution in [2.24, 2.45) is 0 Å². The molecular weight excluding hydrogens is 330 g/mol. The smallest absolute Gasteiger partial charge is 0.545 e. The van der Waals surface area contributed by atoms with Gasteiger partial charge in [0.2, 0.25) is 0 Å². The summed E-state index contributed by atoms with van der Waals surface area (Å²) in [6.07, 6.45) is -4.49. The molecule has 0 atom stereocenters. The first-order valence-corrected chi connectivity index (χ1v) is 6.11. The van der Waals surface area contributed by atoms with E-state index in [-0.39, 0.29) is 51.5 Å². The first-order chi connectivity index (χ1) is 9.79. The summed E-state index contributed by atoms with van der Waals surface area (Å²) in [4.78, 5) is 11.0. The van der Waals surface area contributed by atoms with Gasteiger partial charge in [-0.25, -0.2) is 0 Å². The number of halogens is 4. The van der Waals surface area contributed by atoms with Gasteiger partial charge in [-0.1, -0.05) is 29.8 Å². The zero-order valence-electron chi connectivity index (χ0n) is 11.4. The average Bonchev–Trinajstić information content (AvgIpc) is 2.40. The SMILES string of the molecule is O=C([O-])c1cccc(Cl)c1Nc1cccc(C(F)(F)F)c1.[Na+]. The molecule has 22 heavy (non-hydrogen) atoms. The predicted molar refractivity (Wildman–Crippen MR) is 70.5 cm³/mol. The molecule has 0 bridgehead atoms. The number of nitrogens with one attached hydrogen (secondary N) is 1. The van der Waals surface area contributed by atoms with Crippen molar-refractivity contribution in [1.29, 1.82) is 0 Å². The molecule has 8 heteroatoms. The van der Waals surface area contributed by atoms with E-state index in [9.17, 15) is 23.1 Å². The third-order valence-corrected chi connectivity index (χ3v) is 3.01. The van der Waals surface area contributed by atoms with E-state index in [4.69, 9.17) is 11.6 Å². The van der Waals surface area contributed by atoms with Crippen LogP contribution in [0, 0.1) is 0 Å². The largest absolute Gasteiger partial charge is 1.00 e. The number of hydrogen-bond acceptors (Lipinski definition) is 3. The summed E-state index contributed by atoms with van der Waals surface area (Å²) in [5, 5.41) is 13.6. The molecule has 0 unspecified atom stereocenters. The van der Waals surface area contributed by atoms with E-state index in [1.165, 1.54) is 30.3 Å². The maximum atomic E-state index is 12.6. The van der Waals surface area contributed by atoms with Gasteiger partial charge in [0.25, 0.3) is 0 Å². The molecule has 0 heterocycles. The summed E-state index contributed by atoms with van der Waals surface area (Å²) >= 11 is 5.88. The Morgan fingerprint density at radius 1 is 1.14 bits per heavy atom. The van der Waals surface area contributed by atoms with Crippen LogP contribution in [0.4, 0.5) is 24.5 Å². The van der Waals surface area contributed by atoms with Crippen molar-refractivity contribution in [2.75, 3.05) is 5.32 Å². The molecule has 0 saturated heterocycles. The Morgan fingerprint density at radius 3 is 2.36 bits per heavy atom. The van der Waals surface area contributed by atoms with E-state index in [0.29, 0.717) is 0 Å². The van der Waals surface area contributed by atoms with Crippen LogP contribution in [0.5, 0.6) is 0 Å². The van der Waals surface area contributed by atoms with Crippen LogP contribution in [0.3, 0.4) is 0 Å². The van der Waals surface area contributed by atoms with Crippen LogP contribution in [0.1, 0.15) is 15.9 Å². The fourth-order valence-electron chi connectivity index (χ4n) is 1.74. The van der Waals surface area contributed by atoms with Crippen LogP contribution in [-0.2, 0) is 6.18 Å². The zero-order valence-corrected chi connectivity index (χ0v) is 14.1. The summed E-state index contributed by atoms with van der Waals surface area (Å²) in [6, 6.07) is 8.43. The van der Waals surface area contributed by atoms with Crippen LogP contribution in [0.15, 0.2) is 42.5 Å². The molecule has 1 N–H and O–H groups in total. The summed E-state index contributed by atoms with van der Waals surface area (Å²) in [5.41, 5.74) is -1.03. The molecular formula is C14H8ClF3NNaO2. The van der Waals surface area contributed by atoms with Gasteiger partial charge in [0.05, 0.1) is 22.2 Å². The Morgan fingerprint density at radius 2 is 1.77 bits per heavy atom. The fraction of sp³-hybridized carbons (Fsp3) is 0.0714. The molecule has 2 aromatic rings. The Hall–Kier alpha value is -1.21. The number of aromatic carboxylic acids is 1. The Kier molecular flexibility index (Phi) is 6.31. The van der Waals surface area contributed by atoms with Crippen molar-refractivity contribution in [3.05, 3.63) is 58.6 Å². The fourth-order valence-corrected chi connectivity index (χ4v) is 1.96. The van der Waals surface area contributed by atoms with Gasteiger partial charge in [-0.15, -0.1) is 0 Å². The van der Waals surface area contributed by atoms with Gasteiger partial charge >= 0.3 is 35.7 Å². The van der Waals surface area contributed by atoms with Crippen molar-refractivity contribution < 1.29 is 52.6 Å². The van der Waals surface area contributed by atoms with Gasteiger partial charge in [0, 0.05) is 11.3 Å². The molecule has 0 aliphatic carbocycles. The summed E-state index contributed by atoms with van der Waals surface area (Å²) in [5.74, 6) is -1.48. The van der Waals surface area contributed by atoms with Gasteiger partial charge in [0.1, 0.15) is 0 Å². The van der Waals surface area contributed by atoms with Gasteiger partial charge in [-0.3, -0.25) is 0 Å². The molecule has 0 aliphatic heterocycles. The second-order valence-corrected chi connectivity index (χ2v) is 4.56. The number of para-hydroxylation sites is 1. The summed E-state index contributed by atoms with van der Waals surface area (Å²) in [7, 11) is 0. The predicted octanol–water partition coefficient (Wildman–Crippen LogP) is 0.470. The average molecular weight is 338 g/mol. The van der Waals surface area contributed by atoms with Crippen LogP contribution >= 0.6 is 11.6 Å². The third-order valence-electron chi connectivity index (χ3n) is 2.69. The van der Waals surface area contributed by atoms with Crippen molar-refractivity contribution in [1.82, 2.24) is 0 Å². The van der Waals surface area contributed by atoms with Crippen LogP contribution in [0.25, 0.3) is 0 Å². The number of anilines is 2. The molecule has 0 fully saturated rings. The zero-order chi connectivity index (χ0) is 15.6. The Labute approximate surface area is 151 Å². The molecule has 0 saturated carbocycles. The van der Waals surface area contributed by atoms with Crippen LogP contribution in [0.2, 0.25) is 5.02 Å². The maximum absolute atomic E-state index is 12.6. The second-order valence-electron chi connectivity index (χ2n) is 4.15. The second kappa shape index (κ2) is 7.37. The molecule has 0 spiro atoms. The number of carboxylic acid groups (broad SMARTS) is 1. The molecule has 0 aromatic heterocycles. The summed E-state index contributed by atoms with van der Waals surface area (Å²) < 4.78 is 37.9. The minimum atomic E-state index is -4.49. The van der Waals surface area contributed by atoms with Crippen molar-refractivity contribution >= 4 is 28.9 Å². The van der Waals surface area contributed by atoms with E-state index < -0.39 is 17.7 Å². The van der Waals surface area contributed by atoms with Gasteiger partial charge in [-0.2, -0.15) is 13.2 Å². The van der Waals surface area contributed by atoms with E-state index in [0.717, 1.165) is 12.1 Å². The summed E-state index contributed by atoms with van der Waals surface area (Å²) in [6.45, 7) is 0. The minimum Gasteiger partial charge on any atom is -0.545 e. The molecule has 3 nitrogen and oxygen atoms in total. The van der Waals surface area contributed by atoms with Crippen LogP contribution < -0.4 is 40.0 Å².